The molecule has 2 heteroatoms. The van der Waals surface area contributed by atoms with Gasteiger partial charge in [-0.1, -0.05) is 19.1 Å². The second kappa shape index (κ2) is 6.54. The maximum Gasteiger partial charge on any atom is 0.119 e. The molecule has 0 heterocycles. The quantitative estimate of drug-likeness (QED) is 0.801. The van der Waals surface area contributed by atoms with Crippen molar-refractivity contribution in [1.29, 1.82) is 0 Å². The largest absolute Gasteiger partial charge is 0.491 e. The molecule has 0 fully saturated rings. The molecule has 0 bridgehead atoms. The summed E-state index contributed by atoms with van der Waals surface area (Å²) in [6.45, 7) is 6.26. The lowest BCUT2D eigenvalue weighted by atomic mass is 10.1. The molecule has 0 spiro atoms. The molecule has 0 aliphatic heterocycles. The number of hydrogen-bond acceptors (Lipinski definition) is 2. The van der Waals surface area contributed by atoms with Gasteiger partial charge in [-0.25, -0.2) is 0 Å². The van der Waals surface area contributed by atoms with Crippen molar-refractivity contribution in [1.82, 2.24) is 0 Å². The van der Waals surface area contributed by atoms with Gasteiger partial charge in [-0.2, -0.15) is 0 Å². The molecule has 0 radical (unpaired) electrons. The highest BCUT2D eigenvalue weighted by molar-refractivity contribution is 5.27. The average Bonchev–Trinajstić information content (AvgIpc) is 2.28. The van der Waals surface area contributed by atoms with E-state index in [9.17, 15) is 0 Å². The summed E-state index contributed by atoms with van der Waals surface area (Å²) in [6, 6.07) is 8.61. The van der Waals surface area contributed by atoms with Crippen LogP contribution in [0.5, 0.6) is 5.75 Å². The van der Waals surface area contributed by atoms with Crippen molar-refractivity contribution in [2.75, 3.05) is 0 Å². The minimum absolute atomic E-state index is 0.274. The van der Waals surface area contributed by atoms with E-state index in [4.69, 9.17) is 10.5 Å². The van der Waals surface area contributed by atoms with Gasteiger partial charge in [-0.15, -0.1) is 0 Å². The van der Waals surface area contributed by atoms with Gasteiger partial charge >= 0.3 is 0 Å². The fourth-order valence-corrected chi connectivity index (χ4v) is 1.44. The Bertz CT molecular complexity index is 292. The molecule has 1 aromatic rings. The number of hydrogen-bond donors (Lipinski definition) is 1. The van der Waals surface area contributed by atoms with Crippen LogP contribution >= 0.6 is 0 Å². The second-order valence-electron chi connectivity index (χ2n) is 4.50. The number of nitrogens with two attached hydrogens (primary N) is 1. The smallest absolute Gasteiger partial charge is 0.119 e. The summed E-state index contributed by atoms with van der Waals surface area (Å²) in [4.78, 5) is 0. The molecule has 1 aromatic carbocycles. The highest BCUT2D eigenvalue weighted by atomic mass is 16.5. The third-order valence-corrected chi connectivity index (χ3v) is 2.72. The Morgan fingerprint density at radius 2 is 1.81 bits per heavy atom. The van der Waals surface area contributed by atoms with Crippen molar-refractivity contribution in [2.45, 2.75) is 52.2 Å². The number of aryl methyl sites for hydroxylation is 1. The average molecular weight is 221 g/mol. The first-order chi connectivity index (χ1) is 7.61. The number of ether oxygens (including phenoxy) is 1. The van der Waals surface area contributed by atoms with Crippen LogP contribution < -0.4 is 10.5 Å². The molecule has 0 saturated heterocycles. The van der Waals surface area contributed by atoms with Crippen molar-refractivity contribution < 1.29 is 4.74 Å². The van der Waals surface area contributed by atoms with Crippen molar-refractivity contribution in [3.05, 3.63) is 29.8 Å². The summed E-state index contributed by atoms with van der Waals surface area (Å²) in [6.07, 6.45) is 3.40. The molecule has 2 nitrogen and oxygen atoms in total. The molecule has 0 aliphatic rings. The molecule has 0 aromatic heterocycles. The van der Waals surface area contributed by atoms with E-state index in [1.165, 1.54) is 5.56 Å². The van der Waals surface area contributed by atoms with E-state index in [0.717, 1.165) is 25.0 Å². The Morgan fingerprint density at radius 1 is 1.19 bits per heavy atom. The predicted molar refractivity (Wildman–Crippen MR) is 68.8 cm³/mol. The Balaban J connectivity index is 2.47. The maximum atomic E-state index is 5.73. The van der Waals surface area contributed by atoms with Crippen LogP contribution in [-0.2, 0) is 6.42 Å². The standard InChI is InChI=1S/C14H23NO/c1-4-12(3)16-14-9-7-13(8-10-14)6-5-11(2)15/h7-12H,4-6,15H2,1-3H3. The Labute approximate surface area is 98.8 Å². The van der Waals surface area contributed by atoms with Gasteiger partial charge in [0.25, 0.3) is 0 Å². The van der Waals surface area contributed by atoms with Crippen molar-refractivity contribution in [2.24, 2.45) is 5.73 Å². The first kappa shape index (κ1) is 13.0. The molecular formula is C14H23NO. The van der Waals surface area contributed by atoms with E-state index in [2.05, 4.69) is 26.0 Å². The predicted octanol–water partition coefficient (Wildman–Crippen LogP) is 3.14. The second-order valence-corrected chi connectivity index (χ2v) is 4.50. The zero-order chi connectivity index (χ0) is 12.0. The van der Waals surface area contributed by atoms with E-state index in [1.54, 1.807) is 0 Å². The normalized spacial score (nSPS) is 14.5. The van der Waals surface area contributed by atoms with Gasteiger partial charge in [0.1, 0.15) is 5.75 Å². The molecule has 1 rings (SSSR count). The van der Waals surface area contributed by atoms with Crippen LogP contribution in [0, 0.1) is 0 Å². The molecule has 2 unspecified atom stereocenters. The van der Waals surface area contributed by atoms with Gasteiger partial charge in [0.05, 0.1) is 6.10 Å². The highest BCUT2D eigenvalue weighted by Gasteiger charge is 2.01. The van der Waals surface area contributed by atoms with Crippen LogP contribution in [-0.4, -0.2) is 12.1 Å². The lowest BCUT2D eigenvalue weighted by Crippen LogP contribution is -2.15. The number of benzene rings is 1. The summed E-state index contributed by atoms with van der Waals surface area (Å²) >= 11 is 0. The molecular weight excluding hydrogens is 198 g/mol. The first-order valence-corrected chi connectivity index (χ1v) is 6.13. The van der Waals surface area contributed by atoms with Crippen LogP contribution in [0.2, 0.25) is 0 Å². The summed E-state index contributed by atoms with van der Waals surface area (Å²) in [5.74, 6) is 0.957. The van der Waals surface area contributed by atoms with Crippen molar-refractivity contribution >= 4 is 0 Å². The van der Waals surface area contributed by atoms with Gasteiger partial charge in [-0.3, -0.25) is 0 Å². The van der Waals surface area contributed by atoms with Crippen LogP contribution in [0.1, 0.15) is 39.2 Å². The van der Waals surface area contributed by atoms with Gasteiger partial charge in [-0.05, 0) is 50.8 Å². The summed E-state index contributed by atoms with van der Waals surface area (Å²) in [5, 5.41) is 0. The Hall–Kier alpha value is -1.02. The van der Waals surface area contributed by atoms with Crippen LogP contribution in [0.3, 0.4) is 0 Å². The minimum atomic E-state index is 0.274. The third-order valence-electron chi connectivity index (χ3n) is 2.72. The van der Waals surface area contributed by atoms with Crippen molar-refractivity contribution in [3.63, 3.8) is 0 Å². The lowest BCUT2D eigenvalue weighted by Gasteiger charge is -2.13. The van der Waals surface area contributed by atoms with Gasteiger partial charge in [0.2, 0.25) is 0 Å². The zero-order valence-electron chi connectivity index (χ0n) is 10.6. The van der Waals surface area contributed by atoms with E-state index in [0.29, 0.717) is 0 Å². The molecule has 2 N–H and O–H groups in total. The minimum Gasteiger partial charge on any atom is -0.491 e. The fourth-order valence-electron chi connectivity index (χ4n) is 1.44. The SMILES string of the molecule is CCC(C)Oc1ccc(CCC(C)N)cc1. The Morgan fingerprint density at radius 3 is 2.31 bits per heavy atom. The lowest BCUT2D eigenvalue weighted by molar-refractivity contribution is 0.217. The van der Waals surface area contributed by atoms with Crippen LogP contribution in [0.4, 0.5) is 0 Å². The Kier molecular flexibility index (Phi) is 5.33. The summed E-state index contributed by atoms with van der Waals surface area (Å²) in [7, 11) is 0. The monoisotopic (exact) mass is 221 g/mol. The topological polar surface area (TPSA) is 35.2 Å². The number of rotatable bonds is 6. The maximum absolute atomic E-state index is 5.73. The summed E-state index contributed by atoms with van der Waals surface area (Å²) in [5.41, 5.74) is 7.06. The molecule has 2 atom stereocenters. The highest BCUT2D eigenvalue weighted by Crippen LogP contribution is 2.15. The molecule has 16 heavy (non-hydrogen) atoms. The van der Waals surface area contributed by atoms with Crippen LogP contribution in [0.15, 0.2) is 24.3 Å². The first-order valence-electron chi connectivity index (χ1n) is 6.13. The summed E-state index contributed by atoms with van der Waals surface area (Å²) < 4.78 is 5.72. The van der Waals surface area contributed by atoms with E-state index >= 15 is 0 Å². The fraction of sp³-hybridized carbons (Fsp3) is 0.571. The molecule has 90 valence electrons. The van der Waals surface area contributed by atoms with Gasteiger partial charge in [0, 0.05) is 6.04 Å². The van der Waals surface area contributed by atoms with E-state index in [1.807, 2.05) is 19.1 Å². The molecule has 0 aliphatic carbocycles. The molecule has 0 amide bonds. The van der Waals surface area contributed by atoms with Crippen LogP contribution in [0.25, 0.3) is 0 Å². The van der Waals surface area contributed by atoms with Gasteiger partial charge < -0.3 is 10.5 Å². The van der Waals surface area contributed by atoms with E-state index in [-0.39, 0.29) is 12.1 Å². The molecule has 0 saturated carbocycles. The zero-order valence-corrected chi connectivity index (χ0v) is 10.6. The van der Waals surface area contributed by atoms with Crippen molar-refractivity contribution in [3.8, 4) is 5.75 Å². The third kappa shape index (κ3) is 4.67. The van der Waals surface area contributed by atoms with E-state index < -0.39 is 0 Å². The van der Waals surface area contributed by atoms with Gasteiger partial charge in [0.15, 0.2) is 0 Å².